The summed E-state index contributed by atoms with van der Waals surface area (Å²) in [6, 6.07) is 3.94. The minimum absolute atomic E-state index is 0.299. The van der Waals surface area contributed by atoms with Crippen molar-refractivity contribution in [1.29, 1.82) is 0 Å². The Hall–Kier alpha value is -1.17. The van der Waals surface area contributed by atoms with E-state index >= 15 is 0 Å². The van der Waals surface area contributed by atoms with E-state index in [0.717, 1.165) is 45.8 Å². The SMILES string of the molecule is C[C@@H]1C[C@@H](C)CN(C(=O)CN2CCN(Cc3ccnc(Cl)c3)CC2)C1. The molecule has 2 aliphatic heterocycles. The summed E-state index contributed by atoms with van der Waals surface area (Å²) in [6.45, 7) is 11.7. The zero-order chi connectivity index (χ0) is 17.8. The third kappa shape index (κ3) is 5.40. The van der Waals surface area contributed by atoms with E-state index < -0.39 is 0 Å². The van der Waals surface area contributed by atoms with Crippen molar-refractivity contribution in [1.82, 2.24) is 19.7 Å². The summed E-state index contributed by atoms with van der Waals surface area (Å²) in [5.41, 5.74) is 1.20. The van der Waals surface area contributed by atoms with Gasteiger partial charge in [-0.15, -0.1) is 0 Å². The molecule has 0 unspecified atom stereocenters. The summed E-state index contributed by atoms with van der Waals surface area (Å²) < 4.78 is 0. The lowest BCUT2D eigenvalue weighted by Gasteiger charge is -2.38. The quantitative estimate of drug-likeness (QED) is 0.769. The third-order valence-corrected chi connectivity index (χ3v) is 5.45. The van der Waals surface area contributed by atoms with Crippen LogP contribution in [0.1, 0.15) is 25.8 Å². The fraction of sp³-hybridized carbons (Fsp3) is 0.684. The third-order valence-electron chi connectivity index (χ3n) is 5.24. The molecule has 0 bridgehead atoms. The molecule has 0 radical (unpaired) electrons. The number of carbonyl (C=O) groups excluding carboxylic acids is 1. The van der Waals surface area contributed by atoms with Gasteiger partial charge in [0.15, 0.2) is 0 Å². The molecule has 3 rings (SSSR count). The van der Waals surface area contributed by atoms with Crippen molar-refractivity contribution >= 4 is 17.5 Å². The second-order valence-corrected chi connectivity index (χ2v) is 8.17. The van der Waals surface area contributed by atoms with Crippen molar-refractivity contribution in [3.8, 4) is 0 Å². The molecular weight excluding hydrogens is 336 g/mol. The van der Waals surface area contributed by atoms with Crippen LogP contribution in [0.5, 0.6) is 0 Å². The summed E-state index contributed by atoms with van der Waals surface area (Å²) in [4.78, 5) is 23.4. The molecule has 1 aromatic rings. The average molecular weight is 365 g/mol. The molecule has 0 N–H and O–H groups in total. The van der Waals surface area contributed by atoms with Gasteiger partial charge in [0.05, 0.1) is 6.54 Å². The first-order valence-corrected chi connectivity index (χ1v) is 9.70. The van der Waals surface area contributed by atoms with Gasteiger partial charge in [-0.05, 0) is 36.0 Å². The molecule has 0 spiro atoms. The van der Waals surface area contributed by atoms with E-state index in [9.17, 15) is 4.79 Å². The maximum atomic E-state index is 12.6. The van der Waals surface area contributed by atoms with Crippen LogP contribution in [-0.4, -0.2) is 71.4 Å². The van der Waals surface area contributed by atoms with Gasteiger partial charge in [0.25, 0.3) is 0 Å². The van der Waals surface area contributed by atoms with Crippen LogP contribution in [0.15, 0.2) is 18.3 Å². The topological polar surface area (TPSA) is 39.7 Å². The lowest BCUT2D eigenvalue weighted by molar-refractivity contribution is -0.135. The number of aromatic nitrogens is 1. The maximum Gasteiger partial charge on any atom is 0.236 e. The highest BCUT2D eigenvalue weighted by Crippen LogP contribution is 2.21. The van der Waals surface area contributed by atoms with Gasteiger partial charge in [-0.25, -0.2) is 4.98 Å². The molecule has 0 saturated carbocycles. The van der Waals surface area contributed by atoms with Crippen LogP contribution < -0.4 is 0 Å². The van der Waals surface area contributed by atoms with Gasteiger partial charge in [0.2, 0.25) is 5.91 Å². The first kappa shape index (κ1) is 18.6. The molecule has 2 aliphatic rings. The Morgan fingerprint density at radius 3 is 2.44 bits per heavy atom. The molecule has 2 saturated heterocycles. The van der Waals surface area contributed by atoms with Gasteiger partial charge >= 0.3 is 0 Å². The van der Waals surface area contributed by atoms with Crippen molar-refractivity contribution in [2.75, 3.05) is 45.8 Å². The lowest BCUT2D eigenvalue weighted by Crippen LogP contribution is -2.51. The molecule has 0 aromatic carbocycles. The lowest BCUT2D eigenvalue weighted by atomic mass is 9.92. The summed E-state index contributed by atoms with van der Waals surface area (Å²) in [7, 11) is 0. The molecule has 2 atom stereocenters. The fourth-order valence-electron chi connectivity index (χ4n) is 4.06. The minimum atomic E-state index is 0.299. The molecule has 2 fully saturated rings. The number of piperazine rings is 1. The van der Waals surface area contributed by atoms with Crippen LogP contribution in [0.25, 0.3) is 0 Å². The van der Waals surface area contributed by atoms with E-state index in [-0.39, 0.29) is 0 Å². The number of nitrogens with zero attached hydrogens (tertiary/aromatic N) is 4. The van der Waals surface area contributed by atoms with Crippen LogP contribution in [0, 0.1) is 11.8 Å². The number of pyridine rings is 1. The van der Waals surface area contributed by atoms with Crippen molar-refractivity contribution in [2.45, 2.75) is 26.8 Å². The number of amides is 1. The predicted octanol–water partition coefficient (Wildman–Crippen LogP) is 2.36. The second-order valence-electron chi connectivity index (χ2n) is 7.78. The Kier molecular flexibility index (Phi) is 6.31. The first-order valence-electron chi connectivity index (χ1n) is 9.32. The molecule has 3 heterocycles. The number of piperidine rings is 1. The summed E-state index contributed by atoms with van der Waals surface area (Å²) in [6.07, 6.45) is 2.99. The Bertz CT molecular complexity index is 579. The van der Waals surface area contributed by atoms with Gasteiger partial charge in [0.1, 0.15) is 5.15 Å². The Morgan fingerprint density at radius 2 is 1.80 bits per heavy atom. The molecule has 6 heteroatoms. The molecule has 0 aliphatic carbocycles. The highest BCUT2D eigenvalue weighted by atomic mass is 35.5. The van der Waals surface area contributed by atoms with Crippen molar-refractivity contribution in [3.63, 3.8) is 0 Å². The van der Waals surface area contributed by atoms with Gasteiger partial charge in [-0.1, -0.05) is 25.4 Å². The first-order chi connectivity index (χ1) is 12.0. The molecule has 25 heavy (non-hydrogen) atoms. The van der Waals surface area contributed by atoms with Crippen LogP contribution in [-0.2, 0) is 11.3 Å². The second kappa shape index (κ2) is 8.47. The van der Waals surface area contributed by atoms with Gasteiger partial charge in [-0.3, -0.25) is 14.6 Å². The average Bonchev–Trinajstić information content (AvgIpc) is 2.56. The highest BCUT2D eigenvalue weighted by Gasteiger charge is 2.27. The predicted molar refractivity (Wildman–Crippen MR) is 100 cm³/mol. The summed E-state index contributed by atoms with van der Waals surface area (Å²) >= 11 is 5.96. The fourth-order valence-corrected chi connectivity index (χ4v) is 4.26. The van der Waals surface area contributed by atoms with Gasteiger partial charge in [0, 0.05) is 52.0 Å². The van der Waals surface area contributed by atoms with Gasteiger partial charge < -0.3 is 4.90 Å². The van der Waals surface area contributed by atoms with Crippen molar-refractivity contribution in [2.24, 2.45) is 11.8 Å². The summed E-state index contributed by atoms with van der Waals surface area (Å²) in [5, 5.41) is 0.548. The van der Waals surface area contributed by atoms with Crippen LogP contribution in [0.3, 0.4) is 0 Å². The van der Waals surface area contributed by atoms with E-state index in [1.54, 1.807) is 6.20 Å². The number of hydrogen-bond donors (Lipinski definition) is 0. The standard InChI is InChI=1S/C19H29ClN4O/c1-15-9-16(2)12-24(11-15)19(25)14-23-7-5-22(6-8-23)13-17-3-4-21-18(20)10-17/h3-4,10,15-16H,5-9,11-14H2,1-2H3/t15-,16-/m1/s1. The van der Waals surface area contributed by atoms with E-state index in [2.05, 4.69) is 33.5 Å². The molecule has 1 aromatic heterocycles. The number of rotatable bonds is 4. The Balaban J connectivity index is 1.43. The smallest absolute Gasteiger partial charge is 0.236 e. The molecule has 5 nitrogen and oxygen atoms in total. The van der Waals surface area contributed by atoms with E-state index in [0.29, 0.717) is 29.4 Å². The van der Waals surface area contributed by atoms with E-state index in [4.69, 9.17) is 11.6 Å². The van der Waals surface area contributed by atoms with Crippen molar-refractivity contribution in [3.05, 3.63) is 29.0 Å². The van der Waals surface area contributed by atoms with Gasteiger partial charge in [-0.2, -0.15) is 0 Å². The zero-order valence-corrected chi connectivity index (χ0v) is 16.1. The number of likely N-dealkylation sites (tertiary alicyclic amines) is 1. The van der Waals surface area contributed by atoms with Crippen LogP contribution in [0.2, 0.25) is 5.15 Å². The molecule has 1 amide bonds. The zero-order valence-electron chi connectivity index (χ0n) is 15.3. The Morgan fingerprint density at radius 1 is 1.16 bits per heavy atom. The number of carbonyl (C=O) groups is 1. The maximum absolute atomic E-state index is 12.6. The monoisotopic (exact) mass is 364 g/mol. The van der Waals surface area contributed by atoms with E-state index in [1.165, 1.54) is 12.0 Å². The summed E-state index contributed by atoms with van der Waals surface area (Å²) in [5.74, 6) is 1.54. The normalized spacial score (nSPS) is 26.0. The van der Waals surface area contributed by atoms with Crippen LogP contribution in [0.4, 0.5) is 0 Å². The molecule has 138 valence electrons. The highest BCUT2D eigenvalue weighted by molar-refractivity contribution is 6.29. The largest absolute Gasteiger partial charge is 0.341 e. The Labute approximate surface area is 155 Å². The number of hydrogen-bond acceptors (Lipinski definition) is 4. The van der Waals surface area contributed by atoms with E-state index in [1.807, 2.05) is 12.1 Å². The van der Waals surface area contributed by atoms with Crippen molar-refractivity contribution < 1.29 is 4.79 Å². The molecular formula is C19H29ClN4O. The number of halogens is 1. The minimum Gasteiger partial charge on any atom is -0.341 e. The van der Waals surface area contributed by atoms with Crippen LogP contribution >= 0.6 is 11.6 Å².